The molecule has 0 aromatic rings. The third kappa shape index (κ3) is 3.89. The van der Waals surface area contributed by atoms with Gasteiger partial charge in [0.25, 0.3) is 0 Å². The molecule has 0 spiro atoms. The zero-order chi connectivity index (χ0) is 23.0. The molecule has 10 heteroatoms. The topological polar surface area (TPSA) is 52.6 Å². The molecule has 0 bridgehead atoms. The van der Waals surface area contributed by atoms with Gasteiger partial charge in [-0.2, -0.15) is 0 Å². The number of halogens is 6. The van der Waals surface area contributed by atoms with Crippen LogP contribution in [0.4, 0.5) is 26.3 Å². The lowest BCUT2D eigenvalue weighted by Crippen LogP contribution is -2.38. The van der Waals surface area contributed by atoms with Gasteiger partial charge in [0.05, 0.1) is 12.2 Å². The molecule has 5 saturated carbocycles. The van der Waals surface area contributed by atoms with E-state index in [2.05, 4.69) is 9.47 Å². The normalized spacial score (nSPS) is 46.4. The number of carbonyl (C=O) groups excluding carboxylic acids is 2. The van der Waals surface area contributed by atoms with Gasteiger partial charge in [-0.05, 0) is 75.0 Å². The number of carbonyl (C=O) groups is 2. The van der Waals surface area contributed by atoms with Gasteiger partial charge in [0, 0.05) is 23.7 Å². The first-order chi connectivity index (χ1) is 14.9. The van der Waals surface area contributed by atoms with Gasteiger partial charge in [-0.25, -0.2) is 0 Å². The minimum absolute atomic E-state index is 0.0214. The van der Waals surface area contributed by atoms with E-state index in [1.54, 1.807) is 0 Å². The zero-order valence-electron chi connectivity index (χ0n) is 17.3. The van der Waals surface area contributed by atoms with Crippen LogP contribution < -0.4 is 0 Å². The van der Waals surface area contributed by atoms with Crippen molar-refractivity contribution in [1.82, 2.24) is 0 Å². The fourth-order valence-corrected chi connectivity index (χ4v) is 8.09. The van der Waals surface area contributed by atoms with Crippen molar-refractivity contribution in [2.45, 2.75) is 76.3 Å². The molecule has 5 aliphatic carbocycles. The first-order valence-electron chi connectivity index (χ1n) is 11.5. The molecule has 0 amide bonds. The lowest BCUT2D eigenvalue weighted by Gasteiger charge is -2.40. The predicted molar refractivity (Wildman–Crippen MR) is 96.7 cm³/mol. The molecule has 0 aliphatic heterocycles. The zero-order valence-corrected chi connectivity index (χ0v) is 17.3. The molecule has 0 aromatic heterocycles. The summed E-state index contributed by atoms with van der Waals surface area (Å²) in [6.45, 7) is 0. The van der Waals surface area contributed by atoms with E-state index in [0.717, 1.165) is 12.8 Å². The number of ether oxygens (including phenoxy) is 2. The van der Waals surface area contributed by atoms with Crippen LogP contribution in [0.5, 0.6) is 0 Å². The second-order valence-electron chi connectivity index (χ2n) is 10.3. The summed E-state index contributed by atoms with van der Waals surface area (Å²) in [6, 6.07) is 0. The van der Waals surface area contributed by atoms with E-state index in [0.29, 0.717) is 12.8 Å². The van der Waals surface area contributed by atoms with Crippen LogP contribution >= 0.6 is 0 Å². The highest BCUT2D eigenvalue weighted by molar-refractivity contribution is 5.95. The number of alkyl halides is 6. The average molecular weight is 468 g/mol. The first-order valence-corrected chi connectivity index (χ1v) is 11.5. The van der Waals surface area contributed by atoms with E-state index in [9.17, 15) is 35.9 Å². The molecular weight excluding hydrogens is 442 g/mol. The molecule has 5 fully saturated rings. The maximum absolute atomic E-state index is 13.4. The smallest absolute Gasteiger partial charge is 0.299 e. The molecule has 4 nitrogen and oxygen atoms in total. The van der Waals surface area contributed by atoms with Crippen LogP contribution in [0.3, 0.4) is 0 Å². The van der Waals surface area contributed by atoms with Gasteiger partial charge in [0.2, 0.25) is 0 Å². The minimum Gasteiger partial charge on any atom is -0.299 e. The second-order valence-corrected chi connectivity index (χ2v) is 10.3. The largest absolute Gasteiger partial charge is 0.522 e. The van der Waals surface area contributed by atoms with Crippen LogP contribution in [0.15, 0.2) is 0 Å². The number of hydrogen-bond acceptors (Lipinski definition) is 4. The molecule has 10 atom stereocenters. The third-order valence-corrected chi connectivity index (χ3v) is 8.94. The highest BCUT2D eigenvalue weighted by Crippen LogP contribution is 2.62. The summed E-state index contributed by atoms with van der Waals surface area (Å²) in [5, 5.41) is 0. The third-order valence-electron chi connectivity index (χ3n) is 8.94. The lowest BCUT2D eigenvalue weighted by atomic mass is 9.64. The summed E-state index contributed by atoms with van der Waals surface area (Å²) in [7, 11) is 0. The summed E-state index contributed by atoms with van der Waals surface area (Å²) < 4.78 is 84.5. The Kier molecular flexibility index (Phi) is 5.43. The SMILES string of the molecule is O=C1C2CC(OC(F)(F)F)CCC2C2CCC3C4CCC(OC(F)(F)F)CC4C(=O)C3C12. The van der Waals surface area contributed by atoms with Crippen molar-refractivity contribution in [1.29, 1.82) is 0 Å². The Bertz CT molecular complexity index is 715. The van der Waals surface area contributed by atoms with E-state index in [-0.39, 0.29) is 60.9 Å². The number of fused-ring (bicyclic) bond motifs is 7. The monoisotopic (exact) mass is 468 g/mol. The van der Waals surface area contributed by atoms with Crippen LogP contribution in [0, 0.1) is 47.3 Å². The molecule has 10 unspecified atom stereocenters. The van der Waals surface area contributed by atoms with Gasteiger partial charge >= 0.3 is 12.7 Å². The summed E-state index contributed by atoms with van der Waals surface area (Å²) >= 11 is 0. The molecule has 5 rings (SSSR count). The van der Waals surface area contributed by atoms with E-state index in [1.165, 1.54) is 0 Å². The molecular formula is C22H26F6O4. The van der Waals surface area contributed by atoms with Crippen molar-refractivity contribution < 1.29 is 45.4 Å². The number of hydrogen-bond donors (Lipinski definition) is 0. The number of ketones is 2. The van der Waals surface area contributed by atoms with Crippen molar-refractivity contribution in [2.24, 2.45) is 47.3 Å². The van der Waals surface area contributed by atoms with Crippen molar-refractivity contribution in [3.05, 3.63) is 0 Å². The second kappa shape index (κ2) is 7.68. The summed E-state index contributed by atoms with van der Waals surface area (Å²) in [5.74, 6) is -2.42. The van der Waals surface area contributed by atoms with E-state index >= 15 is 0 Å². The van der Waals surface area contributed by atoms with Crippen LogP contribution in [0.1, 0.15) is 51.4 Å². The Morgan fingerprint density at radius 3 is 1.25 bits per heavy atom. The van der Waals surface area contributed by atoms with Crippen LogP contribution in [-0.2, 0) is 19.1 Å². The van der Waals surface area contributed by atoms with Crippen LogP contribution in [0.25, 0.3) is 0 Å². The maximum Gasteiger partial charge on any atom is 0.522 e. The highest BCUT2D eigenvalue weighted by atomic mass is 19.4. The molecule has 32 heavy (non-hydrogen) atoms. The maximum atomic E-state index is 13.4. The van der Waals surface area contributed by atoms with Gasteiger partial charge < -0.3 is 0 Å². The predicted octanol–water partition coefficient (Wildman–Crippen LogP) is 5.05. The Morgan fingerprint density at radius 1 is 0.562 bits per heavy atom. The van der Waals surface area contributed by atoms with Gasteiger partial charge in [-0.3, -0.25) is 19.1 Å². The van der Waals surface area contributed by atoms with Crippen molar-refractivity contribution in [3.8, 4) is 0 Å². The first kappa shape index (κ1) is 22.6. The Balaban J connectivity index is 1.33. The van der Waals surface area contributed by atoms with E-state index in [4.69, 9.17) is 0 Å². The molecule has 0 saturated heterocycles. The molecule has 0 aromatic carbocycles. The summed E-state index contributed by atoms with van der Waals surface area (Å²) in [5.41, 5.74) is 0. The quantitative estimate of drug-likeness (QED) is 0.532. The van der Waals surface area contributed by atoms with Gasteiger partial charge in [-0.15, -0.1) is 26.3 Å². The molecule has 0 heterocycles. The van der Waals surface area contributed by atoms with Crippen molar-refractivity contribution in [2.75, 3.05) is 0 Å². The lowest BCUT2D eigenvalue weighted by molar-refractivity contribution is -0.347. The fourth-order valence-electron chi connectivity index (χ4n) is 8.09. The number of Topliss-reactive ketones (excluding diaryl/α,β-unsaturated/α-hetero) is 2. The number of rotatable bonds is 2. The van der Waals surface area contributed by atoms with Crippen LogP contribution in [0.2, 0.25) is 0 Å². The van der Waals surface area contributed by atoms with Crippen molar-refractivity contribution in [3.63, 3.8) is 0 Å². The molecule has 0 N–H and O–H groups in total. The molecule has 180 valence electrons. The van der Waals surface area contributed by atoms with Gasteiger partial charge in [-0.1, -0.05) is 0 Å². The van der Waals surface area contributed by atoms with E-state index < -0.39 is 48.6 Å². The fraction of sp³-hybridized carbons (Fsp3) is 0.909. The Morgan fingerprint density at radius 2 is 0.906 bits per heavy atom. The summed E-state index contributed by atoms with van der Waals surface area (Å²) in [6.07, 6.45) is -8.61. The minimum atomic E-state index is -4.75. The molecule has 5 aliphatic rings. The van der Waals surface area contributed by atoms with Gasteiger partial charge in [0.15, 0.2) is 0 Å². The van der Waals surface area contributed by atoms with Gasteiger partial charge in [0.1, 0.15) is 11.6 Å². The Labute approximate surface area is 181 Å². The Hall–Kier alpha value is -1.16. The molecule has 0 radical (unpaired) electrons. The standard InChI is InChI=1S/C22H26F6O4/c23-21(24,25)31-9-1-3-11-13-5-6-14-12-4-2-10(32-22(26,27)28)8-16(12)20(30)18(14)17(13)19(29)15(11)7-9/h9-18H,1-8H2. The highest BCUT2D eigenvalue weighted by Gasteiger charge is 2.64. The van der Waals surface area contributed by atoms with E-state index in [1.807, 2.05) is 0 Å². The average Bonchev–Trinajstić information content (AvgIpc) is 3.11. The summed E-state index contributed by atoms with van der Waals surface area (Å²) in [4.78, 5) is 26.7. The van der Waals surface area contributed by atoms with Crippen LogP contribution in [-0.4, -0.2) is 36.5 Å². The van der Waals surface area contributed by atoms with Crippen molar-refractivity contribution >= 4 is 11.6 Å².